The monoisotopic (exact) mass is 534 g/mol. The van der Waals surface area contributed by atoms with Crippen LogP contribution in [0.15, 0.2) is 41.0 Å². The number of aliphatic carboxylic acids is 1. The third-order valence-electron chi connectivity index (χ3n) is 5.23. The van der Waals surface area contributed by atoms with E-state index in [-0.39, 0.29) is 35.5 Å². The SMILES string of the molecule is CCON=C(C(=O)NC1C(=O)N2C(C(=O)O)=C(C[n+]3ccc(OCC)cc3)CS[C@H]12)c1nsc(N)n1. The zero-order chi connectivity index (χ0) is 25.8. The average Bonchev–Trinajstić information content (AvgIpc) is 3.29. The molecule has 0 saturated carbocycles. The number of carbonyl (C=O) groups is 3. The Morgan fingerprint density at radius 1 is 1.33 bits per heavy atom. The van der Waals surface area contributed by atoms with Gasteiger partial charge in [-0.3, -0.25) is 14.5 Å². The molecule has 13 nitrogen and oxygen atoms in total. The van der Waals surface area contributed by atoms with Crippen molar-refractivity contribution in [3.8, 4) is 5.75 Å². The number of fused-ring (bicyclic) bond motifs is 1. The van der Waals surface area contributed by atoms with Gasteiger partial charge in [-0.1, -0.05) is 5.16 Å². The molecule has 2 aliphatic rings. The third kappa shape index (κ3) is 5.11. The second-order valence-electron chi connectivity index (χ2n) is 7.57. The first-order valence-electron chi connectivity index (χ1n) is 11.0. The van der Waals surface area contributed by atoms with Crippen LogP contribution in [0.4, 0.5) is 5.13 Å². The van der Waals surface area contributed by atoms with Crippen LogP contribution in [-0.4, -0.2) is 73.2 Å². The number of pyridine rings is 1. The predicted molar refractivity (Wildman–Crippen MR) is 130 cm³/mol. The zero-order valence-electron chi connectivity index (χ0n) is 19.4. The number of carboxylic acids is 1. The summed E-state index contributed by atoms with van der Waals surface area (Å²) in [5.41, 5.74) is 5.89. The lowest BCUT2D eigenvalue weighted by Gasteiger charge is -2.49. The number of nitrogens with two attached hydrogens (primary N) is 1. The highest BCUT2D eigenvalue weighted by Crippen LogP contribution is 2.40. The van der Waals surface area contributed by atoms with Crippen LogP contribution in [-0.2, 0) is 25.8 Å². The molecule has 0 bridgehead atoms. The van der Waals surface area contributed by atoms with Crippen molar-refractivity contribution in [2.75, 3.05) is 24.7 Å². The predicted octanol–water partition coefficient (Wildman–Crippen LogP) is -0.0141. The summed E-state index contributed by atoms with van der Waals surface area (Å²) in [6, 6.07) is 2.63. The van der Waals surface area contributed by atoms with E-state index < -0.39 is 29.2 Å². The molecular weight excluding hydrogens is 510 g/mol. The standard InChI is InChI=1S/C21H23N7O6S2/c1-3-33-12-5-7-27(8-6-12)9-11-10-35-19-14(18(30)28(19)15(11)20(31)32)23-17(29)13(25-34-4-2)16-24-21(22)36-26-16/h5-8,14,19H,3-4,9-10H2,1-2H3,(H3-,22,23,24,26,29,31,32)/p+1/t14?,19-/m1/s1. The maximum atomic E-state index is 13.0. The molecule has 4 heterocycles. The van der Waals surface area contributed by atoms with Crippen molar-refractivity contribution in [1.29, 1.82) is 0 Å². The number of hydrogen-bond donors (Lipinski definition) is 3. The zero-order valence-corrected chi connectivity index (χ0v) is 21.0. The maximum absolute atomic E-state index is 13.0. The van der Waals surface area contributed by atoms with Gasteiger partial charge < -0.3 is 25.7 Å². The fraction of sp³-hybridized carbons (Fsp3) is 0.381. The molecule has 0 aromatic carbocycles. The van der Waals surface area contributed by atoms with Gasteiger partial charge in [-0.15, -0.1) is 11.8 Å². The van der Waals surface area contributed by atoms with Crippen molar-refractivity contribution in [2.24, 2.45) is 5.16 Å². The van der Waals surface area contributed by atoms with Crippen molar-refractivity contribution >= 4 is 51.9 Å². The Morgan fingerprint density at radius 3 is 2.69 bits per heavy atom. The smallest absolute Gasteiger partial charge is 0.352 e. The van der Waals surface area contributed by atoms with Gasteiger partial charge in [0.1, 0.15) is 29.5 Å². The van der Waals surface area contributed by atoms with Crippen LogP contribution < -0.4 is 20.4 Å². The topological polar surface area (TPSA) is 173 Å². The number of hydrogen-bond acceptors (Lipinski definition) is 11. The molecular formula is C21H24N7O6S2+. The number of aromatic nitrogens is 3. The highest BCUT2D eigenvalue weighted by Gasteiger charge is 2.54. The average molecular weight is 535 g/mol. The molecule has 4 rings (SSSR count). The quantitative estimate of drug-likeness (QED) is 0.163. The minimum absolute atomic E-state index is 0.0239. The largest absolute Gasteiger partial charge is 0.493 e. The lowest BCUT2D eigenvalue weighted by Crippen LogP contribution is -2.71. The fourth-order valence-corrected chi connectivity index (χ4v) is 5.46. The van der Waals surface area contributed by atoms with E-state index in [0.717, 1.165) is 11.5 Å². The highest BCUT2D eigenvalue weighted by atomic mass is 32.2. The van der Waals surface area contributed by atoms with Crippen molar-refractivity contribution in [3.05, 3.63) is 41.6 Å². The Labute approximate surface area is 214 Å². The van der Waals surface area contributed by atoms with Crippen LogP contribution in [0.25, 0.3) is 0 Å². The van der Waals surface area contributed by atoms with E-state index in [0.29, 0.717) is 23.7 Å². The number of β-lactam (4-membered cyclic amide) rings is 1. The normalized spacial score (nSPS) is 19.4. The summed E-state index contributed by atoms with van der Waals surface area (Å²) < 4.78 is 11.2. The maximum Gasteiger partial charge on any atom is 0.352 e. The Bertz CT molecular complexity index is 1230. The molecule has 0 radical (unpaired) electrons. The fourth-order valence-electron chi connectivity index (χ4n) is 3.69. The number of anilines is 1. The molecule has 1 unspecified atom stereocenters. The lowest BCUT2D eigenvalue weighted by molar-refractivity contribution is -0.689. The van der Waals surface area contributed by atoms with Crippen molar-refractivity contribution < 1.29 is 33.6 Å². The number of ether oxygens (including phenoxy) is 1. The van der Waals surface area contributed by atoms with Gasteiger partial charge in [-0.2, -0.15) is 9.36 Å². The van der Waals surface area contributed by atoms with Crippen LogP contribution in [0.1, 0.15) is 19.7 Å². The number of carbonyl (C=O) groups excluding carboxylic acids is 2. The first kappa shape index (κ1) is 25.4. The molecule has 2 atom stereocenters. The van der Waals surface area contributed by atoms with Gasteiger partial charge in [0, 0.05) is 35.0 Å². The first-order valence-corrected chi connectivity index (χ1v) is 12.8. The number of nitrogens with zero attached hydrogens (tertiary/aromatic N) is 5. The van der Waals surface area contributed by atoms with Crippen LogP contribution in [0.5, 0.6) is 5.75 Å². The summed E-state index contributed by atoms with van der Waals surface area (Å²) in [4.78, 5) is 48.2. The Morgan fingerprint density at radius 2 is 2.08 bits per heavy atom. The van der Waals surface area contributed by atoms with E-state index >= 15 is 0 Å². The van der Waals surface area contributed by atoms with Crippen LogP contribution >= 0.6 is 23.3 Å². The van der Waals surface area contributed by atoms with E-state index in [2.05, 4.69) is 19.8 Å². The summed E-state index contributed by atoms with van der Waals surface area (Å²) in [6.45, 7) is 4.61. The molecule has 0 aliphatic carbocycles. The number of nitrogen functional groups attached to an aromatic ring is 1. The molecule has 2 amide bonds. The van der Waals surface area contributed by atoms with Gasteiger partial charge in [0.25, 0.3) is 11.8 Å². The molecule has 2 aromatic rings. The third-order valence-corrected chi connectivity index (χ3v) is 7.12. The number of rotatable bonds is 10. The summed E-state index contributed by atoms with van der Waals surface area (Å²) in [5.74, 6) is -1.42. The first-order chi connectivity index (χ1) is 17.3. The van der Waals surface area contributed by atoms with Crippen molar-refractivity contribution in [3.63, 3.8) is 0 Å². The van der Waals surface area contributed by atoms with Crippen molar-refractivity contribution in [2.45, 2.75) is 31.8 Å². The number of amides is 2. The summed E-state index contributed by atoms with van der Waals surface area (Å²) >= 11 is 2.26. The van der Waals surface area contributed by atoms with Gasteiger partial charge in [0.2, 0.25) is 11.5 Å². The molecule has 1 fully saturated rings. The molecule has 36 heavy (non-hydrogen) atoms. The molecule has 15 heteroatoms. The molecule has 2 aromatic heterocycles. The Balaban J connectivity index is 1.50. The molecule has 4 N–H and O–H groups in total. The highest BCUT2D eigenvalue weighted by molar-refractivity contribution is 8.00. The van der Waals surface area contributed by atoms with Crippen LogP contribution in [0.2, 0.25) is 0 Å². The number of nitrogens with one attached hydrogen (secondary N) is 1. The van der Waals surface area contributed by atoms with E-state index in [1.54, 1.807) is 31.5 Å². The number of thioether (sulfide) groups is 1. The van der Waals surface area contributed by atoms with E-state index in [1.807, 2.05) is 11.5 Å². The van der Waals surface area contributed by atoms with Gasteiger partial charge in [0.05, 0.1) is 6.61 Å². The van der Waals surface area contributed by atoms with Crippen molar-refractivity contribution in [1.82, 2.24) is 19.6 Å². The second-order valence-corrected chi connectivity index (χ2v) is 9.46. The van der Waals surface area contributed by atoms with Gasteiger partial charge in [0.15, 0.2) is 24.1 Å². The minimum atomic E-state index is -1.21. The summed E-state index contributed by atoms with van der Waals surface area (Å²) in [5, 5.41) is 15.8. The molecule has 190 valence electrons. The summed E-state index contributed by atoms with van der Waals surface area (Å²) in [7, 11) is 0. The molecule has 0 spiro atoms. The van der Waals surface area contributed by atoms with E-state index in [1.165, 1.54) is 16.7 Å². The molecule has 1 saturated heterocycles. The second kappa shape index (κ2) is 10.9. The number of oxime groups is 1. The van der Waals surface area contributed by atoms with Gasteiger partial charge >= 0.3 is 5.97 Å². The Hall–Kier alpha value is -3.72. The molecule has 2 aliphatic heterocycles. The van der Waals surface area contributed by atoms with Gasteiger partial charge in [-0.05, 0) is 13.8 Å². The van der Waals surface area contributed by atoms with Crippen LogP contribution in [0.3, 0.4) is 0 Å². The summed E-state index contributed by atoms with van der Waals surface area (Å²) in [6.07, 6.45) is 3.57. The minimum Gasteiger partial charge on any atom is -0.493 e. The van der Waals surface area contributed by atoms with Gasteiger partial charge in [-0.25, -0.2) is 9.36 Å². The number of carboxylic acid groups (broad SMARTS) is 1. The Kier molecular flexibility index (Phi) is 7.69. The van der Waals surface area contributed by atoms with Crippen LogP contribution in [0, 0.1) is 0 Å². The lowest BCUT2D eigenvalue weighted by atomic mass is 10.0. The van der Waals surface area contributed by atoms with E-state index in [9.17, 15) is 19.5 Å². The van der Waals surface area contributed by atoms with E-state index in [4.69, 9.17) is 15.3 Å².